The molecule has 7 nitrogen and oxygen atoms in total. The van der Waals surface area contributed by atoms with Crippen LogP contribution in [0.3, 0.4) is 0 Å². The van der Waals surface area contributed by atoms with Crippen molar-refractivity contribution in [2.45, 2.75) is 13.5 Å². The summed E-state index contributed by atoms with van der Waals surface area (Å²) in [4.78, 5) is 22.0. The van der Waals surface area contributed by atoms with Crippen molar-refractivity contribution in [1.29, 1.82) is 0 Å². The Balaban J connectivity index is 1.23. The topological polar surface area (TPSA) is 48.5 Å². The van der Waals surface area contributed by atoms with Gasteiger partial charge in [-0.25, -0.2) is 0 Å². The SMILES string of the molecule is COc1cc(C)c(CN2CCN(C(=O)CN3CCN(c4ccccc4)CC3)CC2)cc1OC. The zero-order valence-corrected chi connectivity index (χ0v) is 20.1. The van der Waals surface area contributed by atoms with Gasteiger partial charge in [0.05, 0.1) is 20.8 Å². The van der Waals surface area contributed by atoms with E-state index in [2.05, 4.69) is 52.0 Å². The van der Waals surface area contributed by atoms with E-state index in [-0.39, 0.29) is 5.91 Å². The fourth-order valence-electron chi connectivity index (χ4n) is 4.68. The Bertz CT molecular complexity index is 921. The smallest absolute Gasteiger partial charge is 0.236 e. The maximum atomic E-state index is 12.9. The Labute approximate surface area is 197 Å². The van der Waals surface area contributed by atoms with Crippen LogP contribution in [-0.4, -0.2) is 93.7 Å². The number of carbonyl (C=O) groups excluding carboxylic acids is 1. The summed E-state index contributed by atoms with van der Waals surface area (Å²) in [6.45, 7) is 10.6. The molecular formula is C26H36N4O3. The summed E-state index contributed by atoms with van der Waals surface area (Å²) < 4.78 is 10.9. The zero-order chi connectivity index (χ0) is 23.2. The molecule has 0 aliphatic carbocycles. The molecule has 4 rings (SSSR count). The standard InChI is InChI=1S/C26H36N4O3/c1-21-17-24(32-2)25(33-3)18-22(21)19-27-11-15-30(16-12-27)26(31)20-28-9-13-29(14-10-28)23-7-5-4-6-8-23/h4-8,17-18H,9-16,19-20H2,1-3H3. The predicted octanol–water partition coefficient (Wildman–Crippen LogP) is 2.48. The molecule has 0 bridgehead atoms. The molecule has 0 unspecified atom stereocenters. The summed E-state index contributed by atoms with van der Waals surface area (Å²) in [5.74, 6) is 1.78. The Morgan fingerprint density at radius 2 is 1.42 bits per heavy atom. The lowest BCUT2D eigenvalue weighted by Gasteiger charge is -2.38. The number of carbonyl (C=O) groups is 1. The van der Waals surface area contributed by atoms with Gasteiger partial charge < -0.3 is 19.3 Å². The molecule has 0 spiro atoms. The molecule has 178 valence electrons. The highest BCUT2D eigenvalue weighted by Gasteiger charge is 2.25. The lowest BCUT2D eigenvalue weighted by atomic mass is 10.1. The minimum absolute atomic E-state index is 0.255. The quantitative estimate of drug-likeness (QED) is 0.643. The number of nitrogens with zero attached hydrogens (tertiary/aromatic N) is 4. The molecular weight excluding hydrogens is 416 g/mol. The van der Waals surface area contributed by atoms with Crippen LogP contribution in [0.2, 0.25) is 0 Å². The average Bonchev–Trinajstić information content (AvgIpc) is 2.86. The summed E-state index contributed by atoms with van der Waals surface area (Å²) in [5, 5.41) is 0. The van der Waals surface area contributed by atoms with Crippen molar-refractivity contribution in [3.63, 3.8) is 0 Å². The van der Waals surface area contributed by atoms with Crippen molar-refractivity contribution in [3.8, 4) is 11.5 Å². The summed E-state index contributed by atoms with van der Waals surface area (Å²) >= 11 is 0. The van der Waals surface area contributed by atoms with Crippen LogP contribution in [0, 0.1) is 6.92 Å². The molecule has 0 atom stereocenters. The number of methoxy groups -OCH3 is 2. The predicted molar refractivity (Wildman–Crippen MR) is 131 cm³/mol. The van der Waals surface area contributed by atoms with E-state index in [9.17, 15) is 4.79 Å². The van der Waals surface area contributed by atoms with Crippen LogP contribution < -0.4 is 14.4 Å². The maximum Gasteiger partial charge on any atom is 0.236 e. The van der Waals surface area contributed by atoms with Crippen LogP contribution in [0.25, 0.3) is 0 Å². The van der Waals surface area contributed by atoms with Gasteiger partial charge in [0.2, 0.25) is 5.91 Å². The van der Waals surface area contributed by atoms with E-state index in [1.54, 1.807) is 14.2 Å². The van der Waals surface area contributed by atoms with E-state index in [0.29, 0.717) is 6.54 Å². The highest BCUT2D eigenvalue weighted by atomic mass is 16.5. The third kappa shape index (κ3) is 5.78. The number of hydrogen-bond acceptors (Lipinski definition) is 6. The van der Waals surface area contributed by atoms with Crippen LogP contribution in [0.1, 0.15) is 11.1 Å². The first kappa shape index (κ1) is 23.4. The monoisotopic (exact) mass is 452 g/mol. The number of benzene rings is 2. The molecule has 0 radical (unpaired) electrons. The minimum Gasteiger partial charge on any atom is -0.493 e. The summed E-state index contributed by atoms with van der Waals surface area (Å²) in [5.41, 5.74) is 3.70. The average molecular weight is 453 g/mol. The molecule has 1 amide bonds. The van der Waals surface area contributed by atoms with Gasteiger partial charge in [0.25, 0.3) is 0 Å². The van der Waals surface area contributed by atoms with E-state index in [0.717, 1.165) is 70.4 Å². The van der Waals surface area contributed by atoms with E-state index in [4.69, 9.17) is 9.47 Å². The number of ether oxygens (including phenoxy) is 2. The fraction of sp³-hybridized carbons (Fsp3) is 0.500. The first-order valence-corrected chi connectivity index (χ1v) is 11.8. The van der Waals surface area contributed by atoms with Gasteiger partial charge in [-0.2, -0.15) is 0 Å². The van der Waals surface area contributed by atoms with E-state index >= 15 is 0 Å². The molecule has 2 aliphatic heterocycles. The number of amides is 1. The summed E-state index contributed by atoms with van der Waals surface area (Å²) in [6, 6.07) is 14.6. The second-order valence-electron chi connectivity index (χ2n) is 8.89. The molecule has 2 aromatic carbocycles. The molecule has 2 fully saturated rings. The van der Waals surface area contributed by atoms with Gasteiger partial charge in [0.15, 0.2) is 11.5 Å². The first-order chi connectivity index (χ1) is 16.1. The van der Waals surface area contributed by atoms with Gasteiger partial charge in [-0.3, -0.25) is 14.6 Å². The second-order valence-corrected chi connectivity index (χ2v) is 8.89. The van der Waals surface area contributed by atoms with Gasteiger partial charge in [-0.1, -0.05) is 18.2 Å². The molecule has 33 heavy (non-hydrogen) atoms. The van der Waals surface area contributed by atoms with Crippen molar-refractivity contribution in [1.82, 2.24) is 14.7 Å². The lowest BCUT2D eigenvalue weighted by molar-refractivity contribution is -0.134. The van der Waals surface area contributed by atoms with Gasteiger partial charge in [0, 0.05) is 64.6 Å². The van der Waals surface area contributed by atoms with Crippen LogP contribution in [0.15, 0.2) is 42.5 Å². The molecule has 0 saturated carbocycles. The number of anilines is 1. The Morgan fingerprint density at radius 3 is 2.06 bits per heavy atom. The second kappa shape index (κ2) is 10.9. The third-order valence-electron chi connectivity index (χ3n) is 6.81. The Kier molecular flexibility index (Phi) is 7.73. The summed E-state index contributed by atoms with van der Waals surface area (Å²) in [6.07, 6.45) is 0. The first-order valence-electron chi connectivity index (χ1n) is 11.8. The lowest BCUT2D eigenvalue weighted by Crippen LogP contribution is -2.53. The number of rotatable bonds is 7. The Hall–Kier alpha value is -2.77. The fourth-order valence-corrected chi connectivity index (χ4v) is 4.68. The van der Waals surface area contributed by atoms with Gasteiger partial charge >= 0.3 is 0 Å². The number of piperazine rings is 2. The van der Waals surface area contributed by atoms with Crippen LogP contribution in [-0.2, 0) is 11.3 Å². The normalized spacial score (nSPS) is 17.8. The van der Waals surface area contributed by atoms with E-state index in [1.807, 2.05) is 17.0 Å². The van der Waals surface area contributed by atoms with Gasteiger partial charge in [-0.05, 0) is 42.3 Å². The zero-order valence-electron chi connectivity index (χ0n) is 20.1. The van der Waals surface area contributed by atoms with Crippen LogP contribution in [0.5, 0.6) is 11.5 Å². The molecule has 2 aliphatic rings. The van der Waals surface area contributed by atoms with Gasteiger partial charge in [-0.15, -0.1) is 0 Å². The van der Waals surface area contributed by atoms with Gasteiger partial charge in [0.1, 0.15) is 0 Å². The summed E-state index contributed by atoms with van der Waals surface area (Å²) in [7, 11) is 3.33. The maximum absolute atomic E-state index is 12.9. The van der Waals surface area contributed by atoms with E-state index in [1.165, 1.54) is 16.8 Å². The number of para-hydroxylation sites is 1. The van der Waals surface area contributed by atoms with Crippen molar-refractivity contribution in [2.75, 3.05) is 78.0 Å². The van der Waals surface area contributed by atoms with Crippen LogP contribution >= 0.6 is 0 Å². The highest BCUT2D eigenvalue weighted by molar-refractivity contribution is 5.78. The highest BCUT2D eigenvalue weighted by Crippen LogP contribution is 2.31. The largest absolute Gasteiger partial charge is 0.493 e. The van der Waals surface area contributed by atoms with Crippen molar-refractivity contribution in [3.05, 3.63) is 53.6 Å². The third-order valence-corrected chi connectivity index (χ3v) is 6.81. The molecule has 2 saturated heterocycles. The van der Waals surface area contributed by atoms with Crippen molar-refractivity contribution < 1.29 is 14.3 Å². The minimum atomic E-state index is 0.255. The van der Waals surface area contributed by atoms with Crippen LogP contribution in [0.4, 0.5) is 5.69 Å². The number of hydrogen-bond donors (Lipinski definition) is 0. The molecule has 2 heterocycles. The molecule has 2 aromatic rings. The number of aryl methyl sites for hydroxylation is 1. The Morgan fingerprint density at radius 1 is 0.818 bits per heavy atom. The molecule has 0 aromatic heterocycles. The van der Waals surface area contributed by atoms with Crippen molar-refractivity contribution >= 4 is 11.6 Å². The van der Waals surface area contributed by atoms with E-state index < -0.39 is 0 Å². The van der Waals surface area contributed by atoms with Crippen molar-refractivity contribution in [2.24, 2.45) is 0 Å². The molecule has 0 N–H and O–H groups in total. The molecule has 7 heteroatoms.